The smallest absolute Gasteiger partial charge is 0.341 e. The van der Waals surface area contributed by atoms with Crippen molar-refractivity contribution < 1.29 is 9.67 Å². The summed E-state index contributed by atoms with van der Waals surface area (Å²) in [6.07, 6.45) is 3.26. The Kier molecular flexibility index (Phi) is 2.96. The van der Waals surface area contributed by atoms with Crippen LogP contribution in [-0.2, 0) is 6.54 Å². The molecule has 0 bridgehead atoms. The van der Waals surface area contributed by atoms with Crippen LogP contribution in [0, 0.1) is 0 Å². The Hall–Kier alpha value is -1.92. The largest absolute Gasteiger partial charge is 0.842 e. The molecule has 3 rings (SSSR count). The minimum absolute atomic E-state index is 0.333. The first-order valence-corrected chi connectivity index (χ1v) is 6.66. The van der Waals surface area contributed by atoms with Crippen LogP contribution in [0.1, 0.15) is 4.88 Å². The van der Waals surface area contributed by atoms with Crippen LogP contribution in [0.3, 0.4) is 0 Å². The highest BCUT2D eigenvalue weighted by Gasteiger charge is 2.13. The highest BCUT2D eigenvalue weighted by Crippen LogP contribution is 2.17. The van der Waals surface area contributed by atoms with Gasteiger partial charge in [0.2, 0.25) is 0 Å². The highest BCUT2D eigenvalue weighted by atomic mass is 35.5. The molecule has 0 saturated heterocycles. The second-order valence-electron chi connectivity index (χ2n) is 3.92. The molecule has 7 heteroatoms. The van der Waals surface area contributed by atoms with Gasteiger partial charge in [0, 0.05) is 12.3 Å². The van der Waals surface area contributed by atoms with Gasteiger partial charge >= 0.3 is 5.56 Å². The Morgan fingerprint density at radius 1 is 1.47 bits per heavy atom. The molecule has 19 heavy (non-hydrogen) atoms. The van der Waals surface area contributed by atoms with Crippen molar-refractivity contribution in [3.8, 4) is 5.88 Å². The van der Waals surface area contributed by atoms with Crippen molar-refractivity contribution in [3.05, 3.63) is 56.4 Å². The molecule has 0 aliphatic heterocycles. The van der Waals surface area contributed by atoms with Gasteiger partial charge in [0.25, 0.3) is 5.65 Å². The Labute approximate surface area is 117 Å². The zero-order chi connectivity index (χ0) is 13.4. The van der Waals surface area contributed by atoms with Crippen LogP contribution in [0.15, 0.2) is 41.5 Å². The highest BCUT2D eigenvalue weighted by molar-refractivity contribution is 7.15. The number of hydrogen-bond donors (Lipinski definition) is 0. The lowest BCUT2D eigenvalue weighted by Crippen LogP contribution is -2.42. The average Bonchev–Trinajstić information content (AvgIpc) is 2.80. The Bertz CT molecular complexity index is 812. The van der Waals surface area contributed by atoms with Crippen molar-refractivity contribution in [1.29, 1.82) is 0 Å². The first-order chi connectivity index (χ1) is 9.15. The third-order valence-corrected chi connectivity index (χ3v) is 3.80. The molecule has 96 valence electrons. The number of nitrogens with zero attached hydrogens (tertiary/aromatic N) is 3. The van der Waals surface area contributed by atoms with Crippen molar-refractivity contribution in [3.63, 3.8) is 0 Å². The standard InChI is InChI=1S/C12H8ClN3O2S/c13-12-14-6-8(19-12)7-16-9-3-1-2-4-15(9)10(17)5-11(16)18/h1-6H,7H2. The van der Waals surface area contributed by atoms with Gasteiger partial charge in [-0.15, -0.1) is 11.3 Å². The molecule has 0 spiro atoms. The minimum Gasteiger partial charge on any atom is -0.842 e. The van der Waals surface area contributed by atoms with Gasteiger partial charge in [-0.2, -0.15) is 4.40 Å². The first kappa shape index (κ1) is 12.1. The van der Waals surface area contributed by atoms with E-state index < -0.39 is 0 Å². The summed E-state index contributed by atoms with van der Waals surface area (Å²) in [7, 11) is 0. The van der Waals surface area contributed by atoms with Crippen LogP contribution < -0.4 is 15.2 Å². The molecule has 0 atom stereocenters. The topological polar surface area (TPSA) is 61.3 Å². The molecule has 0 saturated carbocycles. The Morgan fingerprint density at radius 2 is 2.32 bits per heavy atom. The average molecular weight is 294 g/mol. The van der Waals surface area contributed by atoms with E-state index >= 15 is 0 Å². The van der Waals surface area contributed by atoms with E-state index in [0.717, 1.165) is 10.9 Å². The van der Waals surface area contributed by atoms with E-state index in [-0.39, 0.29) is 11.4 Å². The number of aromatic nitrogens is 3. The van der Waals surface area contributed by atoms with Crippen molar-refractivity contribution >= 4 is 28.6 Å². The summed E-state index contributed by atoms with van der Waals surface area (Å²) in [6, 6.07) is 6.33. The number of thiazole rings is 1. The van der Waals surface area contributed by atoms with Gasteiger partial charge in [0.1, 0.15) is 6.54 Å². The molecule has 0 aliphatic carbocycles. The van der Waals surface area contributed by atoms with Gasteiger partial charge in [0.15, 0.2) is 4.47 Å². The summed E-state index contributed by atoms with van der Waals surface area (Å²) in [6.45, 7) is 0.344. The second kappa shape index (κ2) is 4.64. The summed E-state index contributed by atoms with van der Waals surface area (Å²) < 4.78 is 3.38. The molecule has 3 aromatic rings. The van der Waals surface area contributed by atoms with Crippen LogP contribution in [0.2, 0.25) is 4.47 Å². The Morgan fingerprint density at radius 3 is 3.05 bits per heavy atom. The quantitative estimate of drug-likeness (QED) is 0.657. The summed E-state index contributed by atoms with van der Waals surface area (Å²) in [5.74, 6) is -0.333. The van der Waals surface area contributed by atoms with Crippen molar-refractivity contribution in [2.24, 2.45) is 0 Å². The molecule has 0 aliphatic rings. The maximum Gasteiger partial charge on any atom is 0.341 e. The molecule has 0 N–H and O–H groups in total. The van der Waals surface area contributed by atoms with Crippen molar-refractivity contribution in [2.75, 3.05) is 0 Å². The number of fused-ring (bicyclic) bond motifs is 1. The van der Waals surface area contributed by atoms with Crippen LogP contribution in [0.5, 0.6) is 5.88 Å². The number of halogens is 1. The summed E-state index contributed by atoms with van der Waals surface area (Å²) in [5, 5.41) is 12.0. The molecule has 3 heterocycles. The zero-order valence-electron chi connectivity index (χ0n) is 9.62. The first-order valence-electron chi connectivity index (χ1n) is 5.46. The maximum atomic E-state index is 12.0. The lowest BCUT2D eigenvalue weighted by atomic mass is 10.4. The zero-order valence-corrected chi connectivity index (χ0v) is 11.2. The fraction of sp³-hybridized carbons (Fsp3) is 0.0833. The summed E-state index contributed by atoms with van der Waals surface area (Å²) >= 11 is 7.09. The molecule has 0 aromatic carbocycles. The van der Waals surface area contributed by atoms with Crippen LogP contribution in [-0.4, -0.2) is 9.38 Å². The van der Waals surface area contributed by atoms with Gasteiger partial charge < -0.3 is 5.11 Å². The minimum atomic E-state index is -0.334. The van der Waals surface area contributed by atoms with Gasteiger partial charge in [0.05, 0.1) is 23.0 Å². The Balaban J connectivity index is 2.20. The van der Waals surface area contributed by atoms with Crippen LogP contribution in [0.4, 0.5) is 0 Å². The van der Waals surface area contributed by atoms with E-state index in [1.165, 1.54) is 20.3 Å². The fourth-order valence-electron chi connectivity index (χ4n) is 1.88. The maximum absolute atomic E-state index is 12.0. The second-order valence-corrected chi connectivity index (χ2v) is 5.61. The monoisotopic (exact) mass is 293 g/mol. The number of hydrogen-bond acceptors (Lipinski definition) is 4. The van der Waals surface area contributed by atoms with Gasteiger partial charge in [-0.25, -0.2) is 14.3 Å². The molecule has 5 nitrogen and oxygen atoms in total. The predicted octanol–water partition coefficient (Wildman–Crippen LogP) is 0.819. The van der Waals surface area contributed by atoms with E-state index in [1.54, 1.807) is 30.6 Å². The van der Waals surface area contributed by atoms with Gasteiger partial charge in [-0.1, -0.05) is 17.7 Å². The van der Waals surface area contributed by atoms with E-state index in [4.69, 9.17) is 11.6 Å². The van der Waals surface area contributed by atoms with Crippen LogP contribution in [0.25, 0.3) is 5.65 Å². The fourth-order valence-corrected chi connectivity index (χ4v) is 2.84. The molecule has 0 fully saturated rings. The number of rotatable bonds is 2. The lowest BCUT2D eigenvalue weighted by Gasteiger charge is -2.11. The van der Waals surface area contributed by atoms with Crippen molar-refractivity contribution in [1.82, 2.24) is 9.38 Å². The lowest BCUT2D eigenvalue weighted by molar-refractivity contribution is -0.708. The molecule has 0 radical (unpaired) electrons. The molecular formula is C12H8ClN3O2S. The van der Waals surface area contributed by atoms with Crippen molar-refractivity contribution in [2.45, 2.75) is 6.54 Å². The van der Waals surface area contributed by atoms with Crippen LogP contribution >= 0.6 is 22.9 Å². The number of pyridine rings is 1. The molecular weight excluding hydrogens is 286 g/mol. The third-order valence-electron chi connectivity index (χ3n) is 2.70. The van der Waals surface area contributed by atoms with Gasteiger partial charge in [-0.3, -0.25) is 0 Å². The summed E-state index contributed by atoms with van der Waals surface area (Å²) in [4.78, 5) is 16.5. The van der Waals surface area contributed by atoms with E-state index in [0.29, 0.717) is 16.7 Å². The SMILES string of the molecule is O=c1cc([O-])[n+](Cc2cnc(Cl)s2)c2ccccn12. The van der Waals surface area contributed by atoms with E-state index in [9.17, 15) is 9.90 Å². The molecule has 3 aromatic heterocycles. The van der Waals surface area contributed by atoms with E-state index in [1.807, 2.05) is 0 Å². The normalized spacial score (nSPS) is 11.0. The predicted molar refractivity (Wildman–Crippen MR) is 69.5 cm³/mol. The summed E-state index contributed by atoms with van der Waals surface area (Å²) in [5.41, 5.74) is 0.212. The molecule has 0 amide bonds. The third kappa shape index (κ3) is 2.20. The van der Waals surface area contributed by atoms with E-state index in [2.05, 4.69) is 4.98 Å². The molecule has 0 unspecified atom stereocenters. The van der Waals surface area contributed by atoms with Gasteiger partial charge in [-0.05, 0) is 6.07 Å².